The van der Waals surface area contributed by atoms with Crippen molar-refractivity contribution in [3.05, 3.63) is 77.2 Å². The van der Waals surface area contributed by atoms with E-state index in [-0.39, 0.29) is 6.04 Å². The Kier molecular flexibility index (Phi) is 3.90. The number of nitrogens with zero attached hydrogens (tertiary/aromatic N) is 3. The molecule has 5 nitrogen and oxygen atoms in total. The number of benzene rings is 1. The van der Waals surface area contributed by atoms with Crippen molar-refractivity contribution in [2.24, 2.45) is 5.18 Å². The second-order valence-electron chi connectivity index (χ2n) is 6.62. The smallest absolute Gasteiger partial charge is 0.117 e. The molecule has 0 amide bonds. The zero-order valence-electron chi connectivity index (χ0n) is 14.4. The molecule has 0 spiro atoms. The second kappa shape index (κ2) is 6.55. The molecule has 1 atom stereocenters. The molecule has 3 aromatic heterocycles. The summed E-state index contributed by atoms with van der Waals surface area (Å²) in [7, 11) is 0. The lowest BCUT2D eigenvalue weighted by atomic mass is 10.1. The van der Waals surface area contributed by atoms with Gasteiger partial charge in [-0.1, -0.05) is 17.3 Å². The van der Waals surface area contributed by atoms with Gasteiger partial charge in [0.25, 0.3) is 0 Å². The molecule has 1 unspecified atom stereocenters. The Hall–Kier alpha value is -3.12. The van der Waals surface area contributed by atoms with Crippen LogP contribution in [0.1, 0.15) is 23.6 Å². The van der Waals surface area contributed by atoms with Crippen molar-refractivity contribution >= 4 is 32.8 Å². The maximum absolute atomic E-state index is 11.0. The van der Waals surface area contributed by atoms with Crippen LogP contribution < -0.4 is 5.32 Å². The molecule has 5 rings (SSSR count). The normalized spacial score (nSPS) is 15.6. The summed E-state index contributed by atoms with van der Waals surface area (Å²) in [6, 6.07) is 12.0. The van der Waals surface area contributed by atoms with Crippen LogP contribution in [0, 0.1) is 4.91 Å². The number of hydrogen-bond acceptors (Lipinski definition) is 6. The molecule has 0 radical (unpaired) electrons. The fourth-order valence-corrected chi connectivity index (χ4v) is 4.82. The molecular weight excluding hydrogens is 356 g/mol. The van der Waals surface area contributed by atoms with Crippen molar-refractivity contribution in [1.82, 2.24) is 9.97 Å². The van der Waals surface area contributed by atoms with Gasteiger partial charge < -0.3 is 5.32 Å². The fourth-order valence-electron chi connectivity index (χ4n) is 3.70. The average Bonchev–Trinajstić information content (AvgIpc) is 3.30. The molecule has 132 valence electrons. The summed E-state index contributed by atoms with van der Waals surface area (Å²) in [6.07, 6.45) is 9.07. The molecule has 1 aliphatic rings. The van der Waals surface area contributed by atoms with Crippen molar-refractivity contribution in [2.45, 2.75) is 18.9 Å². The van der Waals surface area contributed by atoms with Crippen molar-refractivity contribution in [3.8, 4) is 10.4 Å². The van der Waals surface area contributed by atoms with E-state index >= 15 is 0 Å². The van der Waals surface area contributed by atoms with Crippen molar-refractivity contribution < 1.29 is 0 Å². The first kappa shape index (κ1) is 16.1. The number of pyridine rings is 2. The van der Waals surface area contributed by atoms with Gasteiger partial charge >= 0.3 is 0 Å². The number of aryl methyl sites for hydroxylation is 1. The van der Waals surface area contributed by atoms with Gasteiger partial charge in [0.2, 0.25) is 0 Å². The summed E-state index contributed by atoms with van der Waals surface area (Å²) in [4.78, 5) is 20.6. The van der Waals surface area contributed by atoms with E-state index in [0.717, 1.165) is 50.3 Å². The molecule has 3 heterocycles. The molecule has 4 aromatic rings. The molecule has 0 bridgehead atoms. The van der Waals surface area contributed by atoms with Crippen LogP contribution in [-0.4, -0.2) is 9.97 Å². The van der Waals surface area contributed by atoms with Gasteiger partial charge in [0.05, 0.1) is 15.3 Å². The Morgan fingerprint density at radius 3 is 2.89 bits per heavy atom. The minimum atomic E-state index is -0.201. The highest BCUT2D eigenvalue weighted by atomic mass is 32.1. The molecule has 6 heteroatoms. The number of hydrogen-bond donors (Lipinski definition) is 1. The molecule has 0 aliphatic heterocycles. The molecule has 1 aliphatic carbocycles. The van der Waals surface area contributed by atoms with Gasteiger partial charge in [-0.3, -0.25) is 9.97 Å². The highest BCUT2D eigenvalue weighted by Gasteiger charge is 2.23. The monoisotopic (exact) mass is 372 g/mol. The number of aromatic nitrogens is 2. The lowest BCUT2D eigenvalue weighted by Crippen LogP contribution is -1.94. The van der Waals surface area contributed by atoms with Crippen LogP contribution >= 0.6 is 11.3 Å². The van der Waals surface area contributed by atoms with Crippen LogP contribution in [-0.2, 0) is 6.42 Å². The summed E-state index contributed by atoms with van der Waals surface area (Å²) in [5.74, 6) is 0. The van der Waals surface area contributed by atoms with E-state index in [4.69, 9.17) is 0 Å². The summed E-state index contributed by atoms with van der Waals surface area (Å²) in [6.45, 7) is 0. The maximum Gasteiger partial charge on any atom is 0.117 e. The SMILES string of the molecule is O=NC1CCc2cc(Nc3c(-c4cccnc4)sc4cnccc34)ccc21. The zero-order valence-corrected chi connectivity index (χ0v) is 15.2. The summed E-state index contributed by atoms with van der Waals surface area (Å²) in [5, 5.41) is 7.99. The van der Waals surface area contributed by atoms with Crippen LogP contribution in [0.4, 0.5) is 11.4 Å². The minimum Gasteiger partial charge on any atom is -0.354 e. The number of rotatable bonds is 4. The van der Waals surface area contributed by atoms with Gasteiger partial charge in [-0.2, -0.15) is 4.91 Å². The first-order chi connectivity index (χ1) is 13.3. The first-order valence-electron chi connectivity index (χ1n) is 8.83. The van der Waals surface area contributed by atoms with Gasteiger partial charge in [0.1, 0.15) is 6.04 Å². The quantitative estimate of drug-likeness (QED) is 0.456. The van der Waals surface area contributed by atoms with Crippen LogP contribution in [0.2, 0.25) is 0 Å². The molecule has 1 aromatic carbocycles. The van der Waals surface area contributed by atoms with Gasteiger partial charge in [-0.05, 0) is 48.2 Å². The first-order valence-corrected chi connectivity index (χ1v) is 9.64. The Morgan fingerprint density at radius 2 is 2.04 bits per heavy atom. The Morgan fingerprint density at radius 1 is 1.11 bits per heavy atom. The molecule has 1 N–H and O–H groups in total. The van der Waals surface area contributed by atoms with Gasteiger partial charge in [-0.25, -0.2) is 0 Å². The van der Waals surface area contributed by atoms with Crippen LogP contribution in [0.15, 0.2) is 66.4 Å². The average molecular weight is 372 g/mol. The third-order valence-corrected chi connectivity index (χ3v) is 6.19. The summed E-state index contributed by atoms with van der Waals surface area (Å²) < 4.78 is 1.13. The zero-order chi connectivity index (χ0) is 18.2. The number of fused-ring (bicyclic) bond motifs is 2. The molecule has 0 saturated heterocycles. The summed E-state index contributed by atoms with van der Waals surface area (Å²) >= 11 is 1.70. The third-order valence-electron chi connectivity index (χ3n) is 5.00. The number of anilines is 2. The van der Waals surface area contributed by atoms with E-state index < -0.39 is 0 Å². The second-order valence-corrected chi connectivity index (χ2v) is 7.67. The number of thiophene rings is 1. The van der Waals surface area contributed by atoms with Crippen LogP contribution in [0.25, 0.3) is 20.5 Å². The topological polar surface area (TPSA) is 67.2 Å². The van der Waals surface area contributed by atoms with E-state index in [1.807, 2.05) is 42.9 Å². The van der Waals surface area contributed by atoms with Crippen molar-refractivity contribution in [1.29, 1.82) is 0 Å². The predicted octanol–water partition coefficient (Wildman–Crippen LogP) is 5.86. The Balaban J connectivity index is 1.60. The summed E-state index contributed by atoms with van der Waals surface area (Å²) in [5.41, 5.74) is 5.42. The molecular formula is C21H16N4OS. The van der Waals surface area contributed by atoms with Crippen LogP contribution in [0.5, 0.6) is 0 Å². The van der Waals surface area contributed by atoms with E-state index in [9.17, 15) is 4.91 Å². The van der Waals surface area contributed by atoms with Crippen LogP contribution in [0.3, 0.4) is 0 Å². The van der Waals surface area contributed by atoms with E-state index in [2.05, 4.69) is 32.6 Å². The predicted molar refractivity (Wildman–Crippen MR) is 109 cm³/mol. The fraction of sp³-hybridized carbons (Fsp3) is 0.143. The highest BCUT2D eigenvalue weighted by molar-refractivity contribution is 7.23. The van der Waals surface area contributed by atoms with Gasteiger partial charge in [0, 0.05) is 41.4 Å². The standard InChI is InChI=1S/C21H16N4OS/c26-25-18-6-3-13-10-15(4-5-16(13)18)24-20-17-7-9-23-12-19(17)27-21(20)14-2-1-8-22-11-14/h1-2,4-5,7-12,18,24H,3,6H2. The van der Waals surface area contributed by atoms with E-state index in [1.54, 1.807) is 17.5 Å². The third kappa shape index (κ3) is 2.78. The lowest BCUT2D eigenvalue weighted by Gasteiger charge is -2.11. The van der Waals surface area contributed by atoms with E-state index in [0.29, 0.717) is 0 Å². The molecule has 27 heavy (non-hydrogen) atoms. The van der Waals surface area contributed by atoms with Gasteiger partial charge in [0.15, 0.2) is 0 Å². The Labute approximate surface area is 160 Å². The minimum absolute atomic E-state index is 0.201. The highest BCUT2D eigenvalue weighted by Crippen LogP contribution is 2.44. The van der Waals surface area contributed by atoms with Gasteiger partial charge in [-0.15, -0.1) is 11.3 Å². The molecule has 0 saturated carbocycles. The maximum atomic E-state index is 11.0. The number of nitroso groups, excluding NO2 is 1. The Bertz CT molecular complexity index is 1140. The molecule has 0 fully saturated rings. The van der Waals surface area contributed by atoms with Crippen molar-refractivity contribution in [3.63, 3.8) is 0 Å². The van der Waals surface area contributed by atoms with Crippen molar-refractivity contribution in [2.75, 3.05) is 5.32 Å². The number of nitrogens with one attached hydrogen (secondary N) is 1. The largest absolute Gasteiger partial charge is 0.354 e. The lowest BCUT2D eigenvalue weighted by molar-refractivity contribution is 0.710. The van der Waals surface area contributed by atoms with E-state index in [1.165, 1.54) is 5.56 Å².